The molecule has 190 valence electrons. The van der Waals surface area contributed by atoms with E-state index in [0.717, 1.165) is 39.2 Å². The lowest BCUT2D eigenvalue weighted by Crippen LogP contribution is -2.37. The van der Waals surface area contributed by atoms with Gasteiger partial charge in [-0.05, 0) is 73.4 Å². The van der Waals surface area contributed by atoms with Crippen LogP contribution < -0.4 is 15.4 Å². The van der Waals surface area contributed by atoms with Gasteiger partial charge in [0.15, 0.2) is 0 Å². The number of hydrogen-bond acceptors (Lipinski definition) is 7. The first kappa shape index (κ1) is 25.8. The molecule has 1 amide bonds. The van der Waals surface area contributed by atoms with Crippen LogP contribution in [-0.2, 0) is 4.79 Å². The number of benzene rings is 2. The van der Waals surface area contributed by atoms with E-state index in [1.54, 1.807) is 20.0 Å². The van der Waals surface area contributed by atoms with Gasteiger partial charge in [-0.15, -0.1) is 0 Å². The fourth-order valence-electron chi connectivity index (χ4n) is 3.66. The number of rotatable bonds is 9. The van der Waals surface area contributed by atoms with Crippen LogP contribution in [0.2, 0.25) is 0 Å². The maximum atomic E-state index is 11.9. The zero-order valence-corrected chi connectivity index (χ0v) is 21.4. The van der Waals surface area contributed by atoms with Gasteiger partial charge in [-0.25, -0.2) is 9.97 Å². The molecule has 0 saturated carbocycles. The number of aliphatic hydroxyl groups is 1. The molecule has 8 heteroatoms. The Hall–Kier alpha value is -4.30. The van der Waals surface area contributed by atoms with Gasteiger partial charge >= 0.3 is 0 Å². The van der Waals surface area contributed by atoms with E-state index in [4.69, 9.17) is 4.74 Å². The summed E-state index contributed by atoms with van der Waals surface area (Å²) in [5.41, 5.74) is 4.53. The normalized spacial score (nSPS) is 12.2. The van der Waals surface area contributed by atoms with Gasteiger partial charge in [0.25, 0.3) is 0 Å². The van der Waals surface area contributed by atoms with Gasteiger partial charge in [0.1, 0.15) is 29.7 Å². The fraction of sp³-hybridized carbons (Fsp3) is 0.241. The van der Waals surface area contributed by atoms with Crippen LogP contribution in [-0.4, -0.2) is 38.6 Å². The Morgan fingerprint density at radius 1 is 1.05 bits per heavy atom. The summed E-state index contributed by atoms with van der Waals surface area (Å²) in [6.07, 6.45) is 5.99. The SMILES string of the molecule is Cc1ccc(Oc2ccc(Nc3ncnc4ccc(C=CCNC(=O)C(O)C(C)C)cc34)cc2C)cn1. The molecule has 0 radical (unpaired) electrons. The number of nitrogens with one attached hydrogen (secondary N) is 2. The molecule has 2 heterocycles. The van der Waals surface area contributed by atoms with Crippen molar-refractivity contribution in [3.05, 3.63) is 84.0 Å². The second-order valence-corrected chi connectivity index (χ2v) is 9.18. The van der Waals surface area contributed by atoms with Gasteiger partial charge in [-0.2, -0.15) is 0 Å². The summed E-state index contributed by atoms with van der Waals surface area (Å²) in [4.78, 5) is 25.0. The van der Waals surface area contributed by atoms with E-state index in [-0.39, 0.29) is 11.8 Å². The number of amides is 1. The summed E-state index contributed by atoms with van der Waals surface area (Å²) >= 11 is 0. The molecule has 2 aromatic carbocycles. The van der Waals surface area contributed by atoms with E-state index >= 15 is 0 Å². The van der Waals surface area contributed by atoms with Gasteiger partial charge in [-0.3, -0.25) is 9.78 Å². The van der Waals surface area contributed by atoms with Crippen molar-refractivity contribution in [3.8, 4) is 11.5 Å². The van der Waals surface area contributed by atoms with Crippen LogP contribution in [0.5, 0.6) is 11.5 Å². The highest BCUT2D eigenvalue weighted by Crippen LogP contribution is 2.30. The summed E-state index contributed by atoms with van der Waals surface area (Å²) in [7, 11) is 0. The molecule has 0 aliphatic carbocycles. The highest BCUT2D eigenvalue weighted by Gasteiger charge is 2.17. The first-order valence-corrected chi connectivity index (χ1v) is 12.2. The number of pyridine rings is 1. The zero-order chi connectivity index (χ0) is 26.4. The molecule has 4 rings (SSSR count). The minimum atomic E-state index is -1.01. The highest BCUT2D eigenvalue weighted by molar-refractivity contribution is 5.92. The standard InChI is InChI=1S/C29H31N5O3/c1-18(2)27(35)29(36)30-13-5-6-21-8-11-25-24(15-21)28(33-17-32-25)34-22-9-12-26(19(3)14-22)37-23-10-7-20(4)31-16-23/h5-12,14-18,27,35H,13H2,1-4H3,(H,30,36)(H,32,33,34). The number of ether oxygens (including phenoxy) is 1. The molecule has 0 aliphatic heterocycles. The predicted octanol–water partition coefficient (Wildman–Crippen LogP) is 5.32. The van der Waals surface area contributed by atoms with E-state index in [9.17, 15) is 9.90 Å². The van der Waals surface area contributed by atoms with E-state index in [2.05, 4.69) is 25.6 Å². The molecule has 37 heavy (non-hydrogen) atoms. The Morgan fingerprint density at radius 2 is 1.89 bits per heavy atom. The number of hydrogen-bond donors (Lipinski definition) is 3. The number of nitrogens with zero attached hydrogens (tertiary/aromatic N) is 3. The number of aromatic nitrogens is 3. The van der Waals surface area contributed by atoms with E-state index in [1.165, 1.54) is 6.33 Å². The number of aryl methyl sites for hydroxylation is 2. The number of anilines is 2. The minimum Gasteiger partial charge on any atom is -0.455 e. The molecule has 0 spiro atoms. The number of carbonyl (C=O) groups is 1. The van der Waals surface area contributed by atoms with E-state index in [1.807, 2.05) is 74.5 Å². The van der Waals surface area contributed by atoms with Crippen molar-refractivity contribution in [2.75, 3.05) is 11.9 Å². The molecule has 4 aromatic rings. The van der Waals surface area contributed by atoms with Crippen LogP contribution in [0.25, 0.3) is 17.0 Å². The maximum absolute atomic E-state index is 11.9. The highest BCUT2D eigenvalue weighted by atomic mass is 16.5. The molecule has 0 fully saturated rings. The lowest BCUT2D eigenvalue weighted by molar-refractivity contribution is -0.131. The molecule has 0 saturated heterocycles. The Balaban J connectivity index is 1.47. The fourth-order valence-corrected chi connectivity index (χ4v) is 3.66. The molecular weight excluding hydrogens is 466 g/mol. The number of fused-ring (bicyclic) bond motifs is 1. The molecule has 3 N–H and O–H groups in total. The van der Waals surface area contributed by atoms with Crippen molar-refractivity contribution >= 4 is 34.4 Å². The molecule has 0 bridgehead atoms. The zero-order valence-electron chi connectivity index (χ0n) is 21.4. The van der Waals surface area contributed by atoms with Gasteiger partial charge in [-0.1, -0.05) is 32.1 Å². The monoisotopic (exact) mass is 497 g/mol. The maximum Gasteiger partial charge on any atom is 0.249 e. The first-order valence-electron chi connectivity index (χ1n) is 12.2. The largest absolute Gasteiger partial charge is 0.455 e. The average Bonchev–Trinajstić information content (AvgIpc) is 2.89. The van der Waals surface area contributed by atoms with Crippen molar-refractivity contribution in [2.24, 2.45) is 5.92 Å². The van der Waals surface area contributed by atoms with Crippen LogP contribution in [0.15, 0.2) is 67.1 Å². The lowest BCUT2D eigenvalue weighted by atomic mass is 10.1. The summed E-state index contributed by atoms with van der Waals surface area (Å²) in [5.74, 6) is 1.62. The molecule has 0 aliphatic rings. The van der Waals surface area contributed by atoms with Gasteiger partial charge in [0.05, 0.1) is 11.7 Å². The van der Waals surface area contributed by atoms with Crippen molar-refractivity contribution in [3.63, 3.8) is 0 Å². The Morgan fingerprint density at radius 3 is 2.62 bits per heavy atom. The predicted molar refractivity (Wildman–Crippen MR) is 146 cm³/mol. The number of carbonyl (C=O) groups excluding carboxylic acids is 1. The quantitative estimate of drug-likeness (QED) is 0.287. The van der Waals surface area contributed by atoms with Crippen molar-refractivity contribution < 1.29 is 14.6 Å². The third-order valence-electron chi connectivity index (χ3n) is 5.81. The van der Waals surface area contributed by atoms with Crippen LogP contribution >= 0.6 is 0 Å². The van der Waals surface area contributed by atoms with Crippen molar-refractivity contribution in [1.82, 2.24) is 20.3 Å². The molecule has 1 unspecified atom stereocenters. The second-order valence-electron chi connectivity index (χ2n) is 9.18. The summed E-state index contributed by atoms with van der Waals surface area (Å²) in [5, 5.41) is 16.8. The summed E-state index contributed by atoms with van der Waals surface area (Å²) in [6.45, 7) is 7.85. The minimum absolute atomic E-state index is 0.131. The summed E-state index contributed by atoms with van der Waals surface area (Å²) in [6, 6.07) is 15.6. The second kappa shape index (κ2) is 11.6. The van der Waals surface area contributed by atoms with E-state index in [0.29, 0.717) is 18.1 Å². The van der Waals surface area contributed by atoms with Gasteiger partial charge in [0, 0.05) is 23.3 Å². The first-order chi connectivity index (χ1) is 17.8. The molecule has 8 nitrogen and oxygen atoms in total. The van der Waals surface area contributed by atoms with Crippen LogP contribution in [0.4, 0.5) is 11.5 Å². The van der Waals surface area contributed by atoms with Gasteiger partial charge < -0.3 is 20.5 Å². The topological polar surface area (TPSA) is 109 Å². The summed E-state index contributed by atoms with van der Waals surface area (Å²) < 4.78 is 5.98. The molecule has 1 atom stereocenters. The van der Waals surface area contributed by atoms with Crippen LogP contribution in [0.3, 0.4) is 0 Å². The lowest BCUT2D eigenvalue weighted by Gasteiger charge is -2.13. The Bertz CT molecular complexity index is 1420. The van der Waals surface area contributed by atoms with Crippen molar-refractivity contribution in [2.45, 2.75) is 33.8 Å². The van der Waals surface area contributed by atoms with Crippen LogP contribution in [0.1, 0.15) is 30.7 Å². The van der Waals surface area contributed by atoms with Gasteiger partial charge in [0.2, 0.25) is 5.91 Å². The smallest absolute Gasteiger partial charge is 0.249 e. The van der Waals surface area contributed by atoms with Crippen molar-refractivity contribution in [1.29, 1.82) is 0 Å². The van der Waals surface area contributed by atoms with Crippen LogP contribution in [0, 0.1) is 19.8 Å². The molecule has 2 aromatic heterocycles. The Labute approximate surface area is 216 Å². The Kier molecular flexibility index (Phi) is 8.10. The third kappa shape index (κ3) is 6.68. The average molecular weight is 498 g/mol. The molecular formula is C29H31N5O3. The number of aliphatic hydroxyl groups excluding tert-OH is 1. The van der Waals surface area contributed by atoms with E-state index < -0.39 is 6.10 Å². The third-order valence-corrected chi connectivity index (χ3v) is 5.81.